The number of fused-ring (bicyclic) bond motifs is 1. The van der Waals surface area contributed by atoms with E-state index in [1.54, 1.807) is 32.2 Å². The molecule has 160 valence electrons. The number of hydrogen-bond donors (Lipinski definition) is 3. The van der Waals surface area contributed by atoms with Gasteiger partial charge in [0.05, 0.1) is 19.3 Å². The van der Waals surface area contributed by atoms with Crippen molar-refractivity contribution in [1.29, 1.82) is 0 Å². The maximum absolute atomic E-state index is 11.2. The van der Waals surface area contributed by atoms with E-state index in [-0.39, 0.29) is 18.2 Å². The summed E-state index contributed by atoms with van der Waals surface area (Å²) in [6.45, 7) is 1.95. The highest BCUT2D eigenvalue weighted by atomic mass is 32.2. The standard InChI is InChI=1S/C19H19N7O4S/c1-11-7-8-12(9-14(11)24-31(27,28)29)10-26-18-17(23-25-26)16(21-19(20)22-18)13-5-3-4-6-15(13)30-2/h3-9,24H,10H2,1-2H3,(H2,20,21,22)(H,27,28,29). The lowest BCUT2D eigenvalue weighted by molar-refractivity contribution is 0.416. The molecule has 4 rings (SSSR count). The van der Waals surface area contributed by atoms with Crippen molar-refractivity contribution >= 4 is 33.1 Å². The number of methoxy groups -OCH3 is 1. The van der Waals surface area contributed by atoms with Crippen molar-refractivity contribution in [1.82, 2.24) is 25.0 Å². The molecule has 0 spiro atoms. The minimum Gasteiger partial charge on any atom is -0.496 e. The van der Waals surface area contributed by atoms with Gasteiger partial charge in [-0.2, -0.15) is 13.4 Å². The predicted molar refractivity (Wildman–Crippen MR) is 115 cm³/mol. The zero-order valence-electron chi connectivity index (χ0n) is 16.6. The van der Waals surface area contributed by atoms with Crippen LogP contribution in [0.1, 0.15) is 11.1 Å². The first kappa shape index (κ1) is 20.5. The van der Waals surface area contributed by atoms with Crippen LogP contribution >= 0.6 is 0 Å². The molecule has 2 heterocycles. The van der Waals surface area contributed by atoms with Crippen LogP contribution in [-0.4, -0.2) is 45.0 Å². The third kappa shape index (κ3) is 4.25. The van der Waals surface area contributed by atoms with Crippen LogP contribution in [-0.2, 0) is 16.8 Å². The van der Waals surface area contributed by atoms with E-state index >= 15 is 0 Å². The fraction of sp³-hybridized carbons (Fsp3) is 0.158. The maximum atomic E-state index is 11.2. The number of rotatable bonds is 6. The first-order chi connectivity index (χ1) is 14.7. The van der Waals surface area contributed by atoms with Gasteiger partial charge in [0.15, 0.2) is 11.2 Å². The fourth-order valence-electron chi connectivity index (χ4n) is 3.20. The number of hydrogen-bond acceptors (Lipinski definition) is 8. The number of nitrogens with one attached hydrogen (secondary N) is 1. The molecule has 11 nitrogen and oxygen atoms in total. The van der Waals surface area contributed by atoms with Gasteiger partial charge < -0.3 is 10.5 Å². The van der Waals surface area contributed by atoms with Gasteiger partial charge in [-0.1, -0.05) is 29.5 Å². The number of aromatic nitrogens is 5. The number of nitrogen functional groups attached to an aromatic ring is 1. The SMILES string of the molecule is COc1ccccc1-c1nc(N)nc2c1nnn2Cc1ccc(C)c(NS(=O)(=O)O)c1. The molecule has 0 aliphatic heterocycles. The minimum absolute atomic E-state index is 0.0505. The van der Waals surface area contributed by atoms with Crippen molar-refractivity contribution in [3.05, 3.63) is 53.6 Å². The molecule has 0 saturated heterocycles. The Morgan fingerprint density at radius 2 is 1.97 bits per heavy atom. The lowest BCUT2D eigenvalue weighted by Crippen LogP contribution is -2.12. The monoisotopic (exact) mass is 441 g/mol. The summed E-state index contributed by atoms with van der Waals surface area (Å²) >= 11 is 0. The number of nitrogens with two attached hydrogens (primary N) is 1. The van der Waals surface area contributed by atoms with Crippen molar-refractivity contribution in [2.45, 2.75) is 13.5 Å². The summed E-state index contributed by atoms with van der Waals surface area (Å²) in [6.07, 6.45) is 0. The number of nitrogens with zero attached hydrogens (tertiary/aromatic N) is 5. The predicted octanol–water partition coefficient (Wildman–Crippen LogP) is 2.05. The summed E-state index contributed by atoms with van der Waals surface area (Å²) < 4.78 is 40.5. The molecule has 0 unspecified atom stereocenters. The van der Waals surface area contributed by atoms with E-state index in [1.165, 1.54) is 4.68 Å². The molecule has 2 aromatic heterocycles. The quantitative estimate of drug-likeness (QED) is 0.381. The van der Waals surface area contributed by atoms with Gasteiger partial charge in [-0.25, -0.2) is 9.67 Å². The molecule has 0 amide bonds. The first-order valence-corrected chi connectivity index (χ1v) is 10.5. The van der Waals surface area contributed by atoms with Gasteiger partial charge in [-0.3, -0.25) is 9.27 Å². The summed E-state index contributed by atoms with van der Waals surface area (Å²) in [5, 5.41) is 8.41. The lowest BCUT2D eigenvalue weighted by atomic mass is 10.1. The Morgan fingerprint density at radius 1 is 1.19 bits per heavy atom. The molecule has 0 aliphatic carbocycles. The van der Waals surface area contributed by atoms with Crippen LogP contribution in [0.3, 0.4) is 0 Å². The van der Waals surface area contributed by atoms with E-state index in [9.17, 15) is 8.42 Å². The van der Waals surface area contributed by atoms with E-state index in [2.05, 4.69) is 25.0 Å². The van der Waals surface area contributed by atoms with E-state index < -0.39 is 10.3 Å². The Kier molecular flexibility index (Phi) is 5.17. The van der Waals surface area contributed by atoms with Crippen LogP contribution in [0.2, 0.25) is 0 Å². The van der Waals surface area contributed by atoms with Crippen molar-refractivity contribution < 1.29 is 17.7 Å². The van der Waals surface area contributed by atoms with E-state index in [0.717, 1.165) is 0 Å². The zero-order valence-corrected chi connectivity index (χ0v) is 17.5. The zero-order chi connectivity index (χ0) is 22.2. The van der Waals surface area contributed by atoms with Crippen LogP contribution in [0.25, 0.3) is 22.4 Å². The van der Waals surface area contributed by atoms with Gasteiger partial charge in [-0.05, 0) is 36.2 Å². The smallest absolute Gasteiger partial charge is 0.357 e. The average molecular weight is 441 g/mol. The maximum Gasteiger partial charge on any atom is 0.357 e. The molecule has 0 fully saturated rings. The Morgan fingerprint density at radius 3 is 2.71 bits per heavy atom. The van der Waals surface area contributed by atoms with Crippen molar-refractivity contribution in [3.8, 4) is 17.0 Å². The molecule has 4 N–H and O–H groups in total. The Hall–Kier alpha value is -3.77. The summed E-state index contributed by atoms with van der Waals surface area (Å²) in [5.41, 5.74) is 9.62. The number of para-hydroxylation sites is 1. The first-order valence-electron chi connectivity index (χ1n) is 9.10. The van der Waals surface area contributed by atoms with Crippen molar-refractivity contribution in [2.75, 3.05) is 17.6 Å². The van der Waals surface area contributed by atoms with Gasteiger partial charge >= 0.3 is 10.3 Å². The van der Waals surface area contributed by atoms with E-state index in [4.69, 9.17) is 15.0 Å². The second-order valence-electron chi connectivity index (χ2n) is 6.78. The van der Waals surface area contributed by atoms with Gasteiger partial charge in [0.1, 0.15) is 11.4 Å². The van der Waals surface area contributed by atoms with Crippen LogP contribution in [0.15, 0.2) is 42.5 Å². The lowest BCUT2D eigenvalue weighted by Gasteiger charge is -2.10. The number of ether oxygens (including phenoxy) is 1. The Bertz CT molecular complexity index is 1390. The Balaban J connectivity index is 1.77. The van der Waals surface area contributed by atoms with E-state index in [0.29, 0.717) is 39.3 Å². The van der Waals surface area contributed by atoms with Gasteiger partial charge in [0, 0.05) is 5.56 Å². The fourth-order valence-corrected chi connectivity index (χ4v) is 3.69. The third-order valence-electron chi connectivity index (χ3n) is 4.62. The van der Waals surface area contributed by atoms with Crippen LogP contribution < -0.4 is 15.2 Å². The Labute approximate surface area is 177 Å². The molecule has 0 bridgehead atoms. The summed E-state index contributed by atoms with van der Waals surface area (Å²) in [7, 11) is -2.83. The number of benzene rings is 2. The topological polar surface area (TPSA) is 158 Å². The summed E-state index contributed by atoms with van der Waals surface area (Å²) in [4.78, 5) is 8.62. The van der Waals surface area contributed by atoms with Gasteiger partial charge in [-0.15, -0.1) is 5.10 Å². The largest absolute Gasteiger partial charge is 0.496 e. The van der Waals surface area contributed by atoms with Gasteiger partial charge in [0.25, 0.3) is 0 Å². The molecule has 4 aromatic rings. The highest BCUT2D eigenvalue weighted by Gasteiger charge is 2.18. The van der Waals surface area contributed by atoms with Crippen molar-refractivity contribution in [3.63, 3.8) is 0 Å². The normalized spacial score (nSPS) is 11.6. The molecule has 0 aliphatic rings. The summed E-state index contributed by atoms with van der Waals surface area (Å²) in [6, 6.07) is 12.5. The van der Waals surface area contributed by atoms with Crippen molar-refractivity contribution in [2.24, 2.45) is 0 Å². The second kappa shape index (κ2) is 7.81. The number of anilines is 2. The molecular formula is C19H19N7O4S. The van der Waals surface area contributed by atoms with Gasteiger partial charge in [0.2, 0.25) is 5.95 Å². The second-order valence-corrected chi connectivity index (χ2v) is 7.93. The summed E-state index contributed by atoms with van der Waals surface area (Å²) in [5.74, 6) is 0.658. The van der Waals surface area contributed by atoms with Crippen LogP contribution in [0.5, 0.6) is 5.75 Å². The minimum atomic E-state index is -4.40. The molecule has 0 radical (unpaired) electrons. The molecule has 12 heteroatoms. The third-order valence-corrected chi connectivity index (χ3v) is 5.09. The molecule has 0 atom stereocenters. The van der Waals surface area contributed by atoms with Crippen LogP contribution in [0, 0.1) is 6.92 Å². The van der Waals surface area contributed by atoms with E-state index in [1.807, 2.05) is 24.3 Å². The molecule has 31 heavy (non-hydrogen) atoms. The molecular weight excluding hydrogens is 422 g/mol. The number of aryl methyl sites for hydroxylation is 1. The highest BCUT2D eigenvalue weighted by molar-refractivity contribution is 7.87. The van der Waals surface area contributed by atoms with Crippen LogP contribution in [0.4, 0.5) is 11.6 Å². The average Bonchev–Trinajstić information content (AvgIpc) is 3.11. The molecule has 2 aromatic carbocycles. The molecule has 0 saturated carbocycles. The highest BCUT2D eigenvalue weighted by Crippen LogP contribution is 2.32.